The van der Waals surface area contributed by atoms with Crippen LogP contribution in [0.4, 0.5) is 4.79 Å². The molecule has 3 N–H and O–H groups in total. The van der Waals surface area contributed by atoms with Crippen molar-refractivity contribution in [3.63, 3.8) is 0 Å². The summed E-state index contributed by atoms with van der Waals surface area (Å²) < 4.78 is 5.28. The van der Waals surface area contributed by atoms with Gasteiger partial charge < -0.3 is 20.4 Å². The van der Waals surface area contributed by atoms with Gasteiger partial charge in [0.25, 0.3) is 0 Å². The third-order valence-electron chi connectivity index (χ3n) is 3.90. The second-order valence-electron chi connectivity index (χ2n) is 5.42. The number of rotatable bonds is 4. The monoisotopic (exact) mass is 299 g/mol. The summed E-state index contributed by atoms with van der Waals surface area (Å²) in [6.45, 7) is 2.10. The van der Waals surface area contributed by atoms with E-state index in [4.69, 9.17) is 4.74 Å². The van der Waals surface area contributed by atoms with Crippen molar-refractivity contribution in [2.24, 2.45) is 0 Å². The molecule has 1 fully saturated rings. The summed E-state index contributed by atoms with van der Waals surface area (Å²) >= 11 is 0. The fraction of sp³-hybridized carbons (Fsp3) is 0.353. The zero-order valence-electron chi connectivity index (χ0n) is 12.5. The molecule has 22 heavy (non-hydrogen) atoms. The van der Waals surface area contributed by atoms with Gasteiger partial charge in [0.05, 0.1) is 13.2 Å². The van der Waals surface area contributed by atoms with Crippen molar-refractivity contribution in [2.45, 2.75) is 19.3 Å². The summed E-state index contributed by atoms with van der Waals surface area (Å²) in [6, 6.07) is 8.03. The molecule has 2 heterocycles. The third-order valence-corrected chi connectivity index (χ3v) is 3.90. The Balaban J connectivity index is 1.45. The van der Waals surface area contributed by atoms with E-state index >= 15 is 0 Å². The van der Waals surface area contributed by atoms with Gasteiger partial charge in [0.15, 0.2) is 0 Å². The van der Waals surface area contributed by atoms with Crippen LogP contribution in [0.2, 0.25) is 0 Å². The number of fused-ring (bicyclic) bond motifs is 1. The van der Waals surface area contributed by atoms with E-state index in [0.29, 0.717) is 6.54 Å². The van der Waals surface area contributed by atoms with Crippen molar-refractivity contribution in [1.82, 2.24) is 15.6 Å². The van der Waals surface area contributed by atoms with Crippen molar-refractivity contribution in [3.8, 4) is 0 Å². The van der Waals surface area contributed by atoms with E-state index in [-0.39, 0.29) is 6.03 Å². The summed E-state index contributed by atoms with van der Waals surface area (Å²) in [6.07, 6.45) is 6.42. The molecule has 0 bridgehead atoms. The van der Waals surface area contributed by atoms with Crippen LogP contribution in [0, 0.1) is 0 Å². The summed E-state index contributed by atoms with van der Waals surface area (Å²) in [5.74, 6) is 0. The smallest absolute Gasteiger partial charge is 0.318 e. The molecular weight excluding hydrogens is 278 g/mol. The lowest BCUT2D eigenvalue weighted by Crippen LogP contribution is -2.34. The fourth-order valence-corrected chi connectivity index (χ4v) is 2.65. The molecule has 0 radical (unpaired) electrons. The lowest BCUT2D eigenvalue weighted by atomic mass is 10.1. The number of aromatic amines is 1. The maximum atomic E-state index is 11.8. The summed E-state index contributed by atoms with van der Waals surface area (Å²) in [4.78, 5) is 15.0. The summed E-state index contributed by atoms with van der Waals surface area (Å²) in [5, 5.41) is 6.90. The van der Waals surface area contributed by atoms with E-state index < -0.39 is 0 Å². The SMILES string of the molecule is O=C(NC=C1CCOCC1)NCCc1c[nH]c2ccccc12. The van der Waals surface area contributed by atoms with Crippen LogP contribution in [-0.4, -0.2) is 30.8 Å². The molecule has 3 rings (SSSR count). The van der Waals surface area contributed by atoms with Gasteiger partial charge in [-0.3, -0.25) is 0 Å². The topological polar surface area (TPSA) is 66.2 Å². The molecule has 1 aromatic heterocycles. The van der Waals surface area contributed by atoms with Crippen LogP contribution in [-0.2, 0) is 11.2 Å². The Labute approximate surface area is 129 Å². The minimum absolute atomic E-state index is 0.154. The molecular formula is C17H21N3O2. The van der Waals surface area contributed by atoms with Gasteiger partial charge in [-0.2, -0.15) is 0 Å². The number of hydrogen-bond acceptors (Lipinski definition) is 2. The predicted molar refractivity (Wildman–Crippen MR) is 86.7 cm³/mol. The molecule has 0 aliphatic carbocycles. The number of amides is 2. The normalized spacial score (nSPS) is 14.8. The molecule has 1 saturated heterocycles. The van der Waals surface area contributed by atoms with Crippen molar-refractivity contribution in [2.75, 3.05) is 19.8 Å². The number of benzene rings is 1. The highest BCUT2D eigenvalue weighted by Crippen LogP contribution is 2.17. The predicted octanol–water partition coefficient (Wildman–Crippen LogP) is 2.70. The van der Waals surface area contributed by atoms with Crippen molar-refractivity contribution in [3.05, 3.63) is 47.8 Å². The number of carbonyl (C=O) groups excluding carboxylic acids is 1. The van der Waals surface area contributed by atoms with Crippen molar-refractivity contribution < 1.29 is 9.53 Å². The molecule has 0 spiro atoms. The molecule has 1 aliphatic heterocycles. The Hall–Kier alpha value is -2.27. The minimum atomic E-state index is -0.154. The highest BCUT2D eigenvalue weighted by molar-refractivity contribution is 5.83. The summed E-state index contributed by atoms with van der Waals surface area (Å²) in [7, 11) is 0. The van der Waals surface area contributed by atoms with Gasteiger partial charge in [-0.05, 0) is 36.5 Å². The molecule has 116 valence electrons. The van der Waals surface area contributed by atoms with E-state index in [1.165, 1.54) is 16.5 Å². The number of H-pyrrole nitrogens is 1. The minimum Gasteiger partial charge on any atom is -0.381 e. The van der Waals surface area contributed by atoms with Crippen LogP contribution < -0.4 is 10.6 Å². The molecule has 2 aromatic rings. The van der Waals surface area contributed by atoms with Crippen molar-refractivity contribution in [1.29, 1.82) is 0 Å². The highest BCUT2D eigenvalue weighted by Gasteiger charge is 2.06. The second kappa shape index (κ2) is 7.13. The lowest BCUT2D eigenvalue weighted by Gasteiger charge is -2.14. The number of ether oxygens (including phenoxy) is 1. The molecule has 5 heteroatoms. The zero-order chi connectivity index (χ0) is 15.2. The van der Waals surface area contributed by atoms with Crippen LogP contribution in [0.15, 0.2) is 42.2 Å². The van der Waals surface area contributed by atoms with Gasteiger partial charge in [-0.25, -0.2) is 4.79 Å². The van der Waals surface area contributed by atoms with E-state index in [1.54, 1.807) is 0 Å². The fourth-order valence-electron chi connectivity index (χ4n) is 2.65. The maximum Gasteiger partial charge on any atom is 0.318 e. The average molecular weight is 299 g/mol. The largest absolute Gasteiger partial charge is 0.381 e. The lowest BCUT2D eigenvalue weighted by molar-refractivity contribution is 0.119. The summed E-state index contributed by atoms with van der Waals surface area (Å²) in [5.41, 5.74) is 3.59. The average Bonchev–Trinajstić information content (AvgIpc) is 2.97. The zero-order valence-corrected chi connectivity index (χ0v) is 12.5. The Morgan fingerprint density at radius 1 is 1.27 bits per heavy atom. The molecule has 0 unspecified atom stereocenters. The highest BCUT2D eigenvalue weighted by atomic mass is 16.5. The molecule has 1 aromatic carbocycles. The Bertz CT molecular complexity index is 667. The van der Waals surface area contributed by atoms with Gasteiger partial charge in [0, 0.05) is 29.8 Å². The first kappa shape index (κ1) is 14.7. The molecule has 2 amide bonds. The standard InChI is InChI=1S/C17H21N3O2/c21-17(20-11-13-6-9-22-10-7-13)18-8-5-14-12-19-16-4-2-1-3-15(14)16/h1-4,11-12,19H,5-10H2,(H2,18,20,21). The first-order valence-electron chi connectivity index (χ1n) is 7.68. The van der Waals surface area contributed by atoms with E-state index in [1.807, 2.05) is 24.5 Å². The van der Waals surface area contributed by atoms with Crippen molar-refractivity contribution >= 4 is 16.9 Å². The number of carbonyl (C=O) groups is 1. The number of hydrogen-bond donors (Lipinski definition) is 3. The second-order valence-corrected chi connectivity index (χ2v) is 5.42. The van der Waals surface area contributed by atoms with Crippen LogP contribution in [0.3, 0.4) is 0 Å². The van der Waals surface area contributed by atoms with Gasteiger partial charge in [0.2, 0.25) is 0 Å². The van der Waals surface area contributed by atoms with Crippen LogP contribution in [0.5, 0.6) is 0 Å². The Morgan fingerprint density at radius 2 is 2.09 bits per heavy atom. The van der Waals surface area contributed by atoms with Gasteiger partial charge in [-0.1, -0.05) is 18.2 Å². The van der Waals surface area contributed by atoms with E-state index in [0.717, 1.165) is 38.0 Å². The Morgan fingerprint density at radius 3 is 2.95 bits per heavy atom. The first-order valence-corrected chi connectivity index (χ1v) is 7.68. The quantitative estimate of drug-likeness (QED) is 0.812. The first-order chi connectivity index (χ1) is 10.8. The number of aromatic nitrogens is 1. The maximum absolute atomic E-state index is 11.8. The van der Waals surface area contributed by atoms with E-state index in [9.17, 15) is 4.79 Å². The Kier molecular flexibility index (Phi) is 4.75. The van der Waals surface area contributed by atoms with E-state index in [2.05, 4.69) is 27.8 Å². The van der Waals surface area contributed by atoms with Gasteiger partial charge >= 0.3 is 6.03 Å². The van der Waals surface area contributed by atoms with Crippen LogP contribution in [0.1, 0.15) is 18.4 Å². The number of urea groups is 1. The molecule has 5 nitrogen and oxygen atoms in total. The molecule has 0 saturated carbocycles. The van der Waals surface area contributed by atoms with Gasteiger partial charge in [-0.15, -0.1) is 0 Å². The van der Waals surface area contributed by atoms with Crippen LogP contribution >= 0.6 is 0 Å². The third kappa shape index (κ3) is 3.68. The number of nitrogens with one attached hydrogen (secondary N) is 3. The molecule has 1 aliphatic rings. The van der Waals surface area contributed by atoms with Crippen LogP contribution in [0.25, 0.3) is 10.9 Å². The number of para-hydroxylation sites is 1. The van der Waals surface area contributed by atoms with Gasteiger partial charge in [0.1, 0.15) is 0 Å². The molecule has 0 atom stereocenters.